The second-order valence-corrected chi connectivity index (χ2v) is 8.13. The fraction of sp³-hybridized carbons (Fsp3) is 0.286. The molecule has 0 spiro atoms. The summed E-state index contributed by atoms with van der Waals surface area (Å²) in [6.45, 7) is 6.03. The molecular formula is C21H21N3O4S. The second kappa shape index (κ2) is 8.16. The third kappa shape index (κ3) is 4.37. The van der Waals surface area contributed by atoms with E-state index in [2.05, 4.69) is 15.5 Å². The monoisotopic (exact) mass is 411 g/mol. The Balaban J connectivity index is 1.38. The highest BCUT2D eigenvalue weighted by atomic mass is 32.2. The third-order valence-electron chi connectivity index (χ3n) is 4.50. The molecule has 8 heteroatoms. The minimum absolute atomic E-state index is 0.130. The predicted octanol–water partition coefficient (Wildman–Crippen LogP) is 4.32. The average molecular weight is 411 g/mol. The van der Waals surface area contributed by atoms with Crippen LogP contribution in [-0.4, -0.2) is 28.0 Å². The first-order valence-corrected chi connectivity index (χ1v) is 10.1. The average Bonchev–Trinajstić information content (AvgIpc) is 3.18. The van der Waals surface area contributed by atoms with Crippen molar-refractivity contribution in [3.8, 4) is 11.5 Å². The number of carbonyl (C=O) groups is 1. The van der Waals surface area contributed by atoms with Crippen LogP contribution in [-0.2, 0) is 4.79 Å². The maximum atomic E-state index is 12.6. The molecule has 150 valence electrons. The number of thioether (sulfide) groups is 1. The van der Waals surface area contributed by atoms with Crippen LogP contribution in [0.4, 0.5) is 5.69 Å². The van der Waals surface area contributed by atoms with Crippen molar-refractivity contribution in [2.45, 2.75) is 37.3 Å². The van der Waals surface area contributed by atoms with Gasteiger partial charge >= 0.3 is 0 Å². The molecule has 2 heterocycles. The highest BCUT2D eigenvalue weighted by molar-refractivity contribution is 8.00. The lowest BCUT2D eigenvalue weighted by Crippen LogP contribution is -2.23. The highest BCUT2D eigenvalue weighted by Crippen LogP contribution is 2.36. The summed E-state index contributed by atoms with van der Waals surface area (Å²) in [5.74, 6) is 1.52. The topological polar surface area (TPSA) is 86.5 Å². The van der Waals surface area contributed by atoms with E-state index in [0.29, 0.717) is 22.6 Å². The minimum Gasteiger partial charge on any atom is -0.485 e. The van der Waals surface area contributed by atoms with Crippen LogP contribution in [0.1, 0.15) is 30.0 Å². The molecule has 1 N–H and O–H groups in total. The normalized spacial score (nSPS) is 16.3. The SMILES string of the molecule is Cc1ccc(C)c(NC(=O)[C@H](C)Sc2nnc([C@H]3COc4ccccc4O3)o2)c1. The lowest BCUT2D eigenvalue weighted by atomic mass is 10.1. The first-order chi connectivity index (χ1) is 14.0. The first kappa shape index (κ1) is 19.3. The summed E-state index contributed by atoms with van der Waals surface area (Å²) in [5.41, 5.74) is 2.90. The molecule has 1 aliphatic heterocycles. The van der Waals surface area contributed by atoms with Gasteiger partial charge in [0.25, 0.3) is 11.1 Å². The molecule has 2 aromatic carbocycles. The molecule has 3 aromatic rings. The number of para-hydroxylation sites is 2. The van der Waals surface area contributed by atoms with Crippen molar-refractivity contribution >= 4 is 23.4 Å². The third-order valence-corrected chi connectivity index (χ3v) is 5.44. The van der Waals surface area contributed by atoms with Gasteiger partial charge in [0.15, 0.2) is 11.5 Å². The zero-order chi connectivity index (χ0) is 20.4. The summed E-state index contributed by atoms with van der Waals surface area (Å²) in [6.07, 6.45) is -0.481. The van der Waals surface area contributed by atoms with E-state index in [1.54, 1.807) is 6.92 Å². The van der Waals surface area contributed by atoms with Gasteiger partial charge in [-0.2, -0.15) is 0 Å². The molecule has 1 aromatic heterocycles. The number of fused-ring (bicyclic) bond motifs is 1. The molecule has 7 nitrogen and oxygen atoms in total. The summed E-state index contributed by atoms with van der Waals surface area (Å²) >= 11 is 1.20. The molecular weight excluding hydrogens is 390 g/mol. The molecule has 2 atom stereocenters. The van der Waals surface area contributed by atoms with Crippen molar-refractivity contribution < 1.29 is 18.7 Å². The van der Waals surface area contributed by atoms with Crippen LogP contribution in [0.15, 0.2) is 52.1 Å². The number of ether oxygens (including phenoxy) is 2. The Labute approximate surface area is 172 Å². The van der Waals surface area contributed by atoms with Crippen LogP contribution in [0.5, 0.6) is 11.5 Å². The highest BCUT2D eigenvalue weighted by Gasteiger charge is 2.28. The van der Waals surface area contributed by atoms with Crippen molar-refractivity contribution in [3.05, 3.63) is 59.5 Å². The van der Waals surface area contributed by atoms with Crippen molar-refractivity contribution in [2.75, 3.05) is 11.9 Å². The number of nitrogens with one attached hydrogen (secondary N) is 1. The second-order valence-electron chi connectivity index (χ2n) is 6.84. The molecule has 0 saturated carbocycles. The smallest absolute Gasteiger partial charge is 0.277 e. The first-order valence-electron chi connectivity index (χ1n) is 9.26. The minimum atomic E-state index is -0.481. The number of benzene rings is 2. The Kier molecular flexibility index (Phi) is 5.44. The van der Waals surface area contributed by atoms with Crippen LogP contribution < -0.4 is 14.8 Å². The fourth-order valence-electron chi connectivity index (χ4n) is 2.85. The number of anilines is 1. The number of hydrogen-bond acceptors (Lipinski definition) is 7. The maximum absolute atomic E-state index is 12.6. The zero-order valence-corrected chi connectivity index (χ0v) is 17.2. The summed E-state index contributed by atoms with van der Waals surface area (Å²) in [4.78, 5) is 12.6. The van der Waals surface area contributed by atoms with Crippen molar-refractivity contribution in [3.63, 3.8) is 0 Å². The molecule has 0 fully saturated rings. The van der Waals surface area contributed by atoms with E-state index in [4.69, 9.17) is 13.9 Å². The largest absolute Gasteiger partial charge is 0.485 e. The van der Waals surface area contributed by atoms with E-state index in [9.17, 15) is 4.79 Å². The molecule has 29 heavy (non-hydrogen) atoms. The number of nitrogens with zero attached hydrogens (tertiary/aromatic N) is 2. The lowest BCUT2D eigenvalue weighted by molar-refractivity contribution is -0.115. The van der Waals surface area contributed by atoms with Gasteiger partial charge in [-0.1, -0.05) is 36.0 Å². The molecule has 0 bridgehead atoms. The van der Waals surface area contributed by atoms with E-state index < -0.39 is 11.4 Å². The molecule has 4 rings (SSSR count). The van der Waals surface area contributed by atoms with Crippen LogP contribution >= 0.6 is 11.8 Å². The predicted molar refractivity (Wildman–Crippen MR) is 109 cm³/mol. The number of amides is 1. The Bertz CT molecular complexity index is 1040. The summed E-state index contributed by atoms with van der Waals surface area (Å²) in [7, 11) is 0. The van der Waals surface area contributed by atoms with E-state index in [1.165, 1.54) is 11.8 Å². The maximum Gasteiger partial charge on any atom is 0.277 e. The van der Waals surface area contributed by atoms with Crippen LogP contribution in [0.3, 0.4) is 0 Å². The van der Waals surface area contributed by atoms with Gasteiger partial charge < -0.3 is 19.2 Å². The quantitative estimate of drug-likeness (QED) is 0.626. The van der Waals surface area contributed by atoms with Gasteiger partial charge in [0.1, 0.15) is 6.61 Å². The summed E-state index contributed by atoms with van der Waals surface area (Å²) < 4.78 is 17.3. The molecule has 0 saturated heterocycles. The number of rotatable bonds is 5. The van der Waals surface area contributed by atoms with Gasteiger partial charge in [0.05, 0.1) is 5.25 Å². The van der Waals surface area contributed by atoms with Crippen LogP contribution in [0, 0.1) is 13.8 Å². The molecule has 1 aliphatic rings. The molecule has 0 radical (unpaired) electrons. The number of aromatic nitrogens is 2. The van der Waals surface area contributed by atoms with Crippen molar-refractivity contribution in [1.82, 2.24) is 10.2 Å². The summed E-state index contributed by atoms with van der Waals surface area (Å²) in [6, 6.07) is 13.4. The molecule has 0 aliphatic carbocycles. The Morgan fingerprint density at radius 3 is 2.79 bits per heavy atom. The van der Waals surface area contributed by atoms with E-state index >= 15 is 0 Å². The number of hydrogen-bond donors (Lipinski definition) is 1. The number of aryl methyl sites for hydroxylation is 2. The van der Waals surface area contributed by atoms with E-state index in [-0.39, 0.29) is 12.5 Å². The van der Waals surface area contributed by atoms with Crippen LogP contribution in [0.2, 0.25) is 0 Å². The van der Waals surface area contributed by atoms with Crippen molar-refractivity contribution in [1.29, 1.82) is 0 Å². The van der Waals surface area contributed by atoms with Gasteiger partial charge in [-0.25, -0.2) is 0 Å². The van der Waals surface area contributed by atoms with Gasteiger partial charge in [0, 0.05) is 5.69 Å². The van der Waals surface area contributed by atoms with Gasteiger partial charge in [-0.15, -0.1) is 10.2 Å². The van der Waals surface area contributed by atoms with Gasteiger partial charge in [-0.3, -0.25) is 4.79 Å². The molecule has 0 unspecified atom stereocenters. The lowest BCUT2D eigenvalue weighted by Gasteiger charge is -2.23. The zero-order valence-electron chi connectivity index (χ0n) is 16.3. The van der Waals surface area contributed by atoms with Gasteiger partial charge in [0.2, 0.25) is 12.0 Å². The van der Waals surface area contributed by atoms with E-state index in [0.717, 1.165) is 16.8 Å². The Hall–Kier alpha value is -3.00. The van der Waals surface area contributed by atoms with E-state index in [1.807, 2.05) is 56.3 Å². The standard InChI is InChI=1S/C21H21N3O4S/c1-12-8-9-13(2)15(10-12)22-19(25)14(3)29-21-24-23-20(28-21)18-11-26-16-6-4-5-7-17(16)27-18/h4-10,14,18H,11H2,1-3H3,(H,22,25)/t14-,18+/m0/s1. The van der Waals surface area contributed by atoms with Crippen molar-refractivity contribution in [2.24, 2.45) is 0 Å². The van der Waals surface area contributed by atoms with Crippen LogP contribution in [0.25, 0.3) is 0 Å². The van der Waals surface area contributed by atoms with Gasteiger partial charge in [-0.05, 0) is 50.1 Å². The number of carbonyl (C=O) groups excluding carboxylic acids is 1. The Morgan fingerprint density at radius 2 is 1.97 bits per heavy atom. The Morgan fingerprint density at radius 1 is 1.17 bits per heavy atom. The fourth-order valence-corrected chi connectivity index (χ4v) is 3.54. The molecule has 1 amide bonds. The summed E-state index contributed by atoms with van der Waals surface area (Å²) in [5, 5.41) is 11.0.